The molecule has 0 aliphatic rings. The SMILES string of the molecule is Cc1nc(CCNc2nc3ccc(C(=O)O)cc3o2)no1. The van der Waals surface area contributed by atoms with Crippen LogP contribution in [0.25, 0.3) is 11.1 Å². The number of anilines is 1. The van der Waals surface area contributed by atoms with E-state index in [0.29, 0.717) is 41.8 Å². The first-order chi connectivity index (χ1) is 10.1. The molecule has 0 saturated carbocycles. The molecular weight excluding hydrogens is 276 g/mol. The van der Waals surface area contributed by atoms with Gasteiger partial charge in [-0.05, 0) is 18.2 Å². The Hall–Kier alpha value is -2.90. The van der Waals surface area contributed by atoms with E-state index in [4.69, 9.17) is 14.0 Å². The van der Waals surface area contributed by atoms with Crippen molar-refractivity contribution >= 4 is 23.1 Å². The standard InChI is InChI=1S/C13H12N4O4/c1-7-15-11(17-21-7)4-5-14-13-16-9-3-2-8(12(18)19)6-10(9)20-13/h2-3,6H,4-5H2,1H3,(H,14,16)(H,18,19). The number of carboxylic acid groups (broad SMARTS) is 1. The zero-order valence-corrected chi connectivity index (χ0v) is 11.2. The lowest BCUT2D eigenvalue weighted by atomic mass is 10.2. The van der Waals surface area contributed by atoms with Crippen molar-refractivity contribution in [2.45, 2.75) is 13.3 Å². The van der Waals surface area contributed by atoms with E-state index in [0.717, 1.165) is 0 Å². The van der Waals surface area contributed by atoms with Crippen LogP contribution in [0.1, 0.15) is 22.1 Å². The molecule has 0 bridgehead atoms. The molecule has 3 rings (SSSR count). The molecule has 0 aliphatic heterocycles. The van der Waals surface area contributed by atoms with E-state index in [9.17, 15) is 4.79 Å². The van der Waals surface area contributed by atoms with Gasteiger partial charge in [-0.1, -0.05) is 5.16 Å². The Morgan fingerprint density at radius 3 is 2.95 bits per heavy atom. The van der Waals surface area contributed by atoms with Gasteiger partial charge >= 0.3 is 5.97 Å². The molecule has 3 aromatic rings. The molecular formula is C13H12N4O4. The summed E-state index contributed by atoms with van der Waals surface area (Å²) in [6.45, 7) is 2.25. The summed E-state index contributed by atoms with van der Waals surface area (Å²) < 4.78 is 10.3. The normalized spacial score (nSPS) is 10.9. The van der Waals surface area contributed by atoms with Gasteiger partial charge in [0.1, 0.15) is 5.52 Å². The van der Waals surface area contributed by atoms with E-state index in [2.05, 4.69) is 20.4 Å². The number of rotatable bonds is 5. The average Bonchev–Trinajstić information content (AvgIpc) is 3.03. The van der Waals surface area contributed by atoms with Crippen molar-refractivity contribution in [1.29, 1.82) is 0 Å². The second-order valence-electron chi connectivity index (χ2n) is 4.41. The van der Waals surface area contributed by atoms with Crippen LogP contribution in [0.15, 0.2) is 27.1 Å². The molecule has 0 spiro atoms. The Kier molecular flexibility index (Phi) is 3.27. The van der Waals surface area contributed by atoms with E-state index < -0.39 is 5.97 Å². The van der Waals surface area contributed by atoms with Crippen molar-refractivity contribution in [1.82, 2.24) is 15.1 Å². The minimum Gasteiger partial charge on any atom is -0.478 e. The lowest BCUT2D eigenvalue weighted by molar-refractivity contribution is 0.0697. The molecule has 2 N–H and O–H groups in total. The number of carbonyl (C=O) groups is 1. The van der Waals surface area contributed by atoms with Gasteiger partial charge in [0.2, 0.25) is 5.89 Å². The third-order valence-electron chi connectivity index (χ3n) is 2.83. The fourth-order valence-electron chi connectivity index (χ4n) is 1.86. The van der Waals surface area contributed by atoms with E-state index >= 15 is 0 Å². The van der Waals surface area contributed by atoms with Gasteiger partial charge < -0.3 is 19.4 Å². The predicted molar refractivity (Wildman–Crippen MR) is 72.2 cm³/mol. The summed E-state index contributed by atoms with van der Waals surface area (Å²) in [5.41, 5.74) is 1.18. The summed E-state index contributed by atoms with van der Waals surface area (Å²) in [6.07, 6.45) is 0.566. The number of nitrogens with zero attached hydrogens (tertiary/aromatic N) is 3. The van der Waals surface area contributed by atoms with Crippen molar-refractivity contribution in [3.05, 3.63) is 35.5 Å². The van der Waals surface area contributed by atoms with Crippen LogP contribution in [0, 0.1) is 6.92 Å². The lowest BCUT2D eigenvalue weighted by Gasteiger charge is -1.97. The molecule has 0 amide bonds. The minimum absolute atomic E-state index is 0.160. The van der Waals surface area contributed by atoms with E-state index in [1.807, 2.05) is 0 Å². The van der Waals surface area contributed by atoms with Gasteiger partial charge in [0.25, 0.3) is 6.01 Å². The number of nitrogens with one attached hydrogen (secondary N) is 1. The number of aromatic nitrogens is 3. The molecule has 21 heavy (non-hydrogen) atoms. The summed E-state index contributed by atoms with van der Waals surface area (Å²) >= 11 is 0. The van der Waals surface area contributed by atoms with Crippen molar-refractivity contribution in [2.75, 3.05) is 11.9 Å². The van der Waals surface area contributed by atoms with Crippen LogP contribution in [0.4, 0.5) is 6.01 Å². The maximum absolute atomic E-state index is 10.9. The highest BCUT2D eigenvalue weighted by atomic mass is 16.5. The van der Waals surface area contributed by atoms with Gasteiger partial charge in [0.15, 0.2) is 11.4 Å². The summed E-state index contributed by atoms with van der Waals surface area (Å²) in [4.78, 5) is 19.2. The second-order valence-corrected chi connectivity index (χ2v) is 4.41. The molecule has 0 unspecified atom stereocenters. The van der Waals surface area contributed by atoms with Crippen LogP contribution >= 0.6 is 0 Å². The summed E-state index contributed by atoms with van der Waals surface area (Å²) in [7, 11) is 0. The highest BCUT2D eigenvalue weighted by molar-refractivity contribution is 5.92. The molecule has 0 fully saturated rings. The topological polar surface area (TPSA) is 114 Å². The zero-order chi connectivity index (χ0) is 14.8. The Bertz CT molecular complexity index is 792. The first-order valence-electron chi connectivity index (χ1n) is 6.29. The lowest BCUT2D eigenvalue weighted by Crippen LogP contribution is -2.06. The second kappa shape index (κ2) is 5.23. The van der Waals surface area contributed by atoms with Crippen molar-refractivity contribution in [2.24, 2.45) is 0 Å². The third kappa shape index (κ3) is 2.83. The van der Waals surface area contributed by atoms with Gasteiger partial charge in [-0.3, -0.25) is 0 Å². The van der Waals surface area contributed by atoms with Crippen LogP contribution < -0.4 is 5.32 Å². The number of benzene rings is 1. The molecule has 0 atom stereocenters. The van der Waals surface area contributed by atoms with Gasteiger partial charge in [0, 0.05) is 19.9 Å². The van der Waals surface area contributed by atoms with E-state index in [1.165, 1.54) is 12.1 Å². The zero-order valence-electron chi connectivity index (χ0n) is 11.2. The number of hydrogen-bond donors (Lipinski definition) is 2. The van der Waals surface area contributed by atoms with E-state index in [1.54, 1.807) is 13.0 Å². The summed E-state index contributed by atoms with van der Waals surface area (Å²) in [6, 6.07) is 4.86. The fourth-order valence-corrected chi connectivity index (χ4v) is 1.86. The highest BCUT2D eigenvalue weighted by Gasteiger charge is 2.10. The maximum atomic E-state index is 10.9. The third-order valence-corrected chi connectivity index (χ3v) is 2.83. The quantitative estimate of drug-likeness (QED) is 0.731. The Morgan fingerprint density at radius 2 is 2.24 bits per heavy atom. The van der Waals surface area contributed by atoms with E-state index in [-0.39, 0.29) is 5.56 Å². The Balaban J connectivity index is 1.68. The van der Waals surface area contributed by atoms with Crippen LogP contribution in [0.2, 0.25) is 0 Å². The number of aryl methyl sites for hydroxylation is 1. The largest absolute Gasteiger partial charge is 0.478 e. The molecule has 0 saturated heterocycles. The van der Waals surface area contributed by atoms with Gasteiger partial charge in [0.05, 0.1) is 5.56 Å². The highest BCUT2D eigenvalue weighted by Crippen LogP contribution is 2.20. The fraction of sp³-hybridized carbons (Fsp3) is 0.231. The van der Waals surface area contributed by atoms with Crippen LogP contribution in [-0.4, -0.2) is 32.7 Å². The molecule has 1 aromatic carbocycles. The summed E-state index contributed by atoms with van der Waals surface area (Å²) in [5, 5.41) is 15.7. The van der Waals surface area contributed by atoms with Crippen LogP contribution in [0.3, 0.4) is 0 Å². The summed E-state index contributed by atoms with van der Waals surface area (Å²) in [5.74, 6) is 0.118. The monoisotopic (exact) mass is 288 g/mol. The minimum atomic E-state index is -1.00. The average molecular weight is 288 g/mol. The maximum Gasteiger partial charge on any atom is 0.335 e. The Morgan fingerprint density at radius 1 is 1.38 bits per heavy atom. The number of oxazole rings is 1. The molecule has 0 radical (unpaired) electrons. The predicted octanol–water partition coefficient (Wildman–Crippen LogP) is 1.87. The Labute approximate surface area is 118 Å². The number of fused-ring (bicyclic) bond motifs is 1. The number of hydrogen-bond acceptors (Lipinski definition) is 7. The molecule has 2 heterocycles. The molecule has 108 valence electrons. The van der Waals surface area contributed by atoms with Crippen LogP contribution in [0.5, 0.6) is 0 Å². The van der Waals surface area contributed by atoms with Gasteiger partial charge in [-0.25, -0.2) is 4.79 Å². The molecule has 2 aromatic heterocycles. The smallest absolute Gasteiger partial charge is 0.335 e. The van der Waals surface area contributed by atoms with Gasteiger partial charge in [-0.15, -0.1) is 0 Å². The van der Waals surface area contributed by atoms with Crippen molar-refractivity contribution < 1.29 is 18.8 Å². The molecule has 0 aliphatic carbocycles. The molecule has 8 heteroatoms. The van der Waals surface area contributed by atoms with Crippen molar-refractivity contribution in [3.63, 3.8) is 0 Å². The first-order valence-corrected chi connectivity index (χ1v) is 6.29. The number of aromatic carboxylic acids is 1. The van der Waals surface area contributed by atoms with Crippen molar-refractivity contribution in [3.8, 4) is 0 Å². The first kappa shape index (κ1) is 13.1. The molecule has 8 nitrogen and oxygen atoms in total. The number of carboxylic acids is 1. The van der Waals surface area contributed by atoms with Crippen LogP contribution in [-0.2, 0) is 6.42 Å². The van der Waals surface area contributed by atoms with Gasteiger partial charge in [-0.2, -0.15) is 9.97 Å².